The topological polar surface area (TPSA) is 224 Å². The van der Waals surface area contributed by atoms with Crippen LogP contribution in [-0.4, -0.2) is 92.9 Å². The van der Waals surface area contributed by atoms with Gasteiger partial charge in [0.15, 0.2) is 5.96 Å². The fraction of sp³-hybridized carbons (Fsp3) is 0.484. The van der Waals surface area contributed by atoms with Gasteiger partial charge in [0.05, 0.1) is 12.6 Å². The van der Waals surface area contributed by atoms with Gasteiger partial charge in [0.1, 0.15) is 29.7 Å². The molecule has 0 aromatic heterocycles. The lowest BCUT2D eigenvalue weighted by molar-refractivity contribution is -0.143. The van der Waals surface area contributed by atoms with Crippen LogP contribution in [0.5, 0.6) is 11.5 Å². The first-order valence-corrected chi connectivity index (χ1v) is 14.8. The molecule has 44 heavy (non-hydrogen) atoms. The van der Waals surface area contributed by atoms with E-state index < -0.39 is 42.0 Å². The zero-order valence-electron chi connectivity index (χ0n) is 24.9. The molecule has 0 radical (unpaired) electrons. The Kier molecular flexibility index (Phi) is 12.8. The first-order chi connectivity index (χ1) is 21.0. The number of carbonyl (C=O) groups is 3. The number of phenolic OH excluding ortho intramolecular Hbond substituents is 2. The molecule has 2 aromatic rings. The Morgan fingerprint density at radius 1 is 0.977 bits per heavy atom. The fourth-order valence-electron chi connectivity index (χ4n) is 5.24. The first kappa shape index (κ1) is 34.1. The van der Waals surface area contributed by atoms with Gasteiger partial charge in [0.25, 0.3) is 0 Å². The summed E-state index contributed by atoms with van der Waals surface area (Å²) < 4.78 is 0. The number of aromatic hydroxyl groups is 2. The Labute approximate surface area is 257 Å². The summed E-state index contributed by atoms with van der Waals surface area (Å²) in [5.41, 5.74) is 12.1. The van der Waals surface area contributed by atoms with Crippen LogP contribution in [0.15, 0.2) is 53.5 Å². The van der Waals surface area contributed by atoms with Gasteiger partial charge in [-0.25, -0.2) is 0 Å². The van der Waals surface area contributed by atoms with E-state index in [1.54, 1.807) is 24.3 Å². The third-order valence-electron chi connectivity index (χ3n) is 7.61. The number of nitrogens with two attached hydrogens (primary N) is 2. The van der Waals surface area contributed by atoms with E-state index in [9.17, 15) is 34.8 Å². The minimum absolute atomic E-state index is 0.0117. The summed E-state index contributed by atoms with van der Waals surface area (Å²) >= 11 is 0. The van der Waals surface area contributed by atoms with Gasteiger partial charge in [-0.2, -0.15) is 0 Å². The van der Waals surface area contributed by atoms with Gasteiger partial charge in [-0.1, -0.05) is 31.2 Å². The number of hydrogen-bond donors (Lipinski definition) is 8. The van der Waals surface area contributed by atoms with E-state index in [0.29, 0.717) is 44.3 Å². The largest absolute Gasteiger partial charge is 0.508 e. The second-order valence-corrected chi connectivity index (χ2v) is 11.3. The number of aliphatic hydroxyl groups is 2. The number of likely N-dealkylation sites (tertiary alicyclic amines) is 1. The van der Waals surface area contributed by atoms with Gasteiger partial charge in [0.2, 0.25) is 17.7 Å². The van der Waals surface area contributed by atoms with Crippen LogP contribution in [0.25, 0.3) is 0 Å². The SMILES string of the molecule is CC1CC(C(=O)NC(CO)CCCN=C(N)N)N(C(=O)C(CCc2ccc(O)cc2)NC(=O)C(O)Cc2ccc(O)cc2)C1. The standard InChI is InChI=1S/C31H44N6O7/c1-19-15-26(28(42)35-22(18-38)3-2-14-34-31(32)33)37(17-19)30(44)25(13-8-20-4-9-23(39)10-5-20)36-29(43)27(41)16-21-6-11-24(40)12-7-21/h4-7,9-12,19,22,25-27,38-41H,2-3,8,13-18H2,1H3,(H,35,42)(H,36,43)(H4,32,33,34). The number of aliphatic imine (C=N–C) groups is 1. The first-order valence-electron chi connectivity index (χ1n) is 14.8. The molecule has 3 rings (SSSR count). The molecule has 240 valence electrons. The van der Waals surface area contributed by atoms with E-state index in [2.05, 4.69) is 15.6 Å². The van der Waals surface area contributed by atoms with E-state index in [-0.39, 0.29) is 42.8 Å². The van der Waals surface area contributed by atoms with Gasteiger partial charge < -0.3 is 47.4 Å². The molecule has 1 aliphatic rings. The van der Waals surface area contributed by atoms with Crippen LogP contribution < -0.4 is 22.1 Å². The second kappa shape index (κ2) is 16.5. The maximum Gasteiger partial charge on any atom is 0.249 e. The van der Waals surface area contributed by atoms with Crippen molar-refractivity contribution < 1.29 is 34.8 Å². The summed E-state index contributed by atoms with van der Waals surface area (Å²) in [6, 6.07) is 10.2. The second-order valence-electron chi connectivity index (χ2n) is 11.3. The summed E-state index contributed by atoms with van der Waals surface area (Å²) in [5, 5.41) is 45.1. The smallest absolute Gasteiger partial charge is 0.249 e. The molecule has 5 unspecified atom stereocenters. The number of rotatable bonds is 15. The van der Waals surface area contributed by atoms with Crippen LogP contribution in [0.2, 0.25) is 0 Å². The molecule has 1 heterocycles. The molecule has 2 aromatic carbocycles. The van der Waals surface area contributed by atoms with Crippen molar-refractivity contribution in [2.24, 2.45) is 22.4 Å². The number of aliphatic hydroxyl groups excluding tert-OH is 2. The van der Waals surface area contributed by atoms with E-state index in [1.165, 1.54) is 29.2 Å². The van der Waals surface area contributed by atoms with Crippen LogP contribution >= 0.6 is 0 Å². The van der Waals surface area contributed by atoms with E-state index >= 15 is 0 Å². The highest BCUT2D eigenvalue weighted by Crippen LogP contribution is 2.25. The molecular formula is C31H44N6O7. The summed E-state index contributed by atoms with van der Waals surface area (Å²) in [5.74, 6) is -1.46. The minimum Gasteiger partial charge on any atom is -0.508 e. The number of hydrogen-bond acceptors (Lipinski definition) is 8. The third kappa shape index (κ3) is 10.4. The van der Waals surface area contributed by atoms with E-state index in [1.807, 2.05) is 6.92 Å². The number of benzene rings is 2. The number of guanidine groups is 1. The average Bonchev–Trinajstić information content (AvgIpc) is 3.39. The molecular weight excluding hydrogens is 568 g/mol. The number of aryl methyl sites for hydroxylation is 1. The molecule has 13 nitrogen and oxygen atoms in total. The van der Waals surface area contributed by atoms with Gasteiger partial charge in [-0.3, -0.25) is 19.4 Å². The number of phenols is 2. The highest BCUT2D eigenvalue weighted by molar-refractivity contribution is 5.93. The number of carbonyl (C=O) groups excluding carboxylic acids is 3. The van der Waals surface area contributed by atoms with Crippen LogP contribution in [0.4, 0.5) is 0 Å². The minimum atomic E-state index is -1.45. The van der Waals surface area contributed by atoms with Crippen molar-refractivity contribution in [3.05, 3.63) is 59.7 Å². The van der Waals surface area contributed by atoms with Gasteiger partial charge in [-0.15, -0.1) is 0 Å². The normalized spacial score (nSPS) is 18.2. The predicted octanol–water partition coefficient (Wildman–Crippen LogP) is -0.113. The summed E-state index contributed by atoms with van der Waals surface area (Å²) in [6.07, 6.45) is 0.459. The quantitative estimate of drug-likeness (QED) is 0.0762. The zero-order chi connectivity index (χ0) is 32.2. The Hall–Kier alpha value is -4.36. The summed E-state index contributed by atoms with van der Waals surface area (Å²) in [6.45, 7) is 2.28. The molecule has 1 aliphatic heterocycles. The summed E-state index contributed by atoms with van der Waals surface area (Å²) in [7, 11) is 0. The molecule has 13 heteroatoms. The monoisotopic (exact) mass is 612 g/mol. The highest BCUT2D eigenvalue weighted by Gasteiger charge is 2.41. The lowest BCUT2D eigenvalue weighted by Crippen LogP contribution is -2.56. The van der Waals surface area contributed by atoms with Crippen LogP contribution in [0, 0.1) is 5.92 Å². The lowest BCUT2D eigenvalue weighted by Gasteiger charge is -2.30. The van der Waals surface area contributed by atoms with Crippen molar-refractivity contribution in [1.82, 2.24) is 15.5 Å². The van der Waals surface area contributed by atoms with Crippen LogP contribution in [-0.2, 0) is 27.2 Å². The molecule has 0 spiro atoms. The Morgan fingerprint density at radius 2 is 1.59 bits per heavy atom. The zero-order valence-corrected chi connectivity index (χ0v) is 24.9. The number of nitrogens with zero attached hydrogens (tertiary/aromatic N) is 2. The lowest BCUT2D eigenvalue weighted by atomic mass is 10.0. The maximum atomic E-state index is 14.0. The molecule has 0 bridgehead atoms. The van der Waals surface area contributed by atoms with Crippen molar-refractivity contribution in [3.63, 3.8) is 0 Å². The van der Waals surface area contributed by atoms with Gasteiger partial charge in [0, 0.05) is 19.5 Å². The Balaban J connectivity index is 1.73. The van der Waals surface area contributed by atoms with E-state index in [4.69, 9.17) is 11.5 Å². The fourth-order valence-corrected chi connectivity index (χ4v) is 5.24. The van der Waals surface area contributed by atoms with E-state index in [0.717, 1.165) is 5.56 Å². The number of amides is 3. The Morgan fingerprint density at radius 3 is 2.18 bits per heavy atom. The van der Waals surface area contributed by atoms with Crippen molar-refractivity contribution in [1.29, 1.82) is 0 Å². The molecule has 1 fully saturated rings. The van der Waals surface area contributed by atoms with Crippen LogP contribution in [0.1, 0.15) is 43.7 Å². The molecule has 1 saturated heterocycles. The summed E-state index contributed by atoms with van der Waals surface area (Å²) in [4.78, 5) is 45.8. The highest BCUT2D eigenvalue weighted by atomic mass is 16.3. The van der Waals surface area contributed by atoms with Crippen molar-refractivity contribution in [2.45, 2.75) is 69.7 Å². The van der Waals surface area contributed by atoms with Gasteiger partial charge in [-0.05, 0) is 73.4 Å². The molecule has 3 amide bonds. The third-order valence-corrected chi connectivity index (χ3v) is 7.61. The van der Waals surface area contributed by atoms with Crippen LogP contribution in [0.3, 0.4) is 0 Å². The van der Waals surface area contributed by atoms with Crippen molar-refractivity contribution in [2.75, 3.05) is 19.7 Å². The molecule has 0 saturated carbocycles. The van der Waals surface area contributed by atoms with Gasteiger partial charge >= 0.3 is 0 Å². The van der Waals surface area contributed by atoms with Crippen molar-refractivity contribution >= 4 is 23.7 Å². The predicted molar refractivity (Wildman–Crippen MR) is 164 cm³/mol. The maximum absolute atomic E-state index is 14.0. The Bertz CT molecular complexity index is 1270. The molecule has 5 atom stereocenters. The molecule has 10 N–H and O–H groups in total. The van der Waals surface area contributed by atoms with Crippen molar-refractivity contribution in [3.8, 4) is 11.5 Å². The molecule has 0 aliphatic carbocycles. The number of nitrogens with one attached hydrogen (secondary N) is 2. The average molecular weight is 613 g/mol.